The van der Waals surface area contributed by atoms with E-state index in [1.807, 2.05) is 36.2 Å². The van der Waals surface area contributed by atoms with Gasteiger partial charge in [-0.05, 0) is 62.4 Å². The number of carbonyl (C=O) groups excluding carboxylic acids is 1. The van der Waals surface area contributed by atoms with Crippen molar-refractivity contribution in [3.63, 3.8) is 0 Å². The van der Waals surface area contributed by atoms with Gasteiger partial charge in [-0.3, -0.25) is 4.79 Å². The van der Waals surface area contributed by atoms with Crippen molar-refractivity contribution in [1.82, 2.24) is 10.2 Å². The second kappa shape index (κ2) is 10.3. The molecule has 3 rings (SSSR count). The first-order valence-electron chi connectivity index (χ1n) is 9.33. The number of rotatable bonds is 6. The summed E-state index contributed by atoms with van der Waals surface area (Å²) in [5.74, 6) is 0.767. The second-order valence-electron chi connectivity index (χ2n) is 6.96. The van der Waals surface area contributed by atoms with Gasteiger partial charge in [-0.25, -0.2) is 0 Å². The molecule has 1 amide bonds. The molecule has 2 aromatic carbocycles. The summed E-state index contributed by atoms with van der Waals surface area (Å²) in [6.45, 7) is 2.73. The van der Waals surface area contributed by atoms with E-state index in [1.54, 1.807) is 0 Å². The minimum Gasteiger partial charge on any atom is -0.338 e. The fourth-order valence-electron chi connectivity index (χ4n) is 3.75. The van der Waals surface area contributed by atoms with Crippen LogP contribution in [0, 0.1) is 5.92 Å². The van der Waals surface area contributed by atoms with Crippen molar-refractivity contribution in [2.75, 3.05) is 26.7 Å². The highest BCUT2D eigenvalue weighted by Crippen LogP contribution is 2.20. The van der Waals surface area contributed by atoms with Crippen LogP contribution in [-0.2, 0) is 12.8 Å². The molecule has 0 aromatic heterocycles. The van der Waals surface area contributed by atoms with Crippen molar-refractivity contribution < 1.29 is 4.79 Å². The molecular weight excluding hydrogens is 344 g/mol. The maximum absolute atomic E-state index is 13.1. The fraction of sp³-hybridized carbons (Fsp3) is 0.409. The molecule has 1 atom stereocenters. The summed E-state index contributed by atoms with van der Waals surface area (Å²) in [5.41, 5.74) is 3.35. The summed E-state index contributed by atoms with van der Waals surface area (Å²) in [5, 5.41) is 3.25. The van der Waals surface area contributed by atoms with Gasteiger partial charge in [-0.2, -0.15) is 0 Å². The smallest absolute Gasteiger partial charge is 0.254 e. The van der Waals surface area contributed by atoms with Gasteiger partial charge in [0.15, 0.2) is 0 Å². The summed E-state index contributed by atoms with van der Waals surface area (Å²) < 4.78 is 0. The molecule has 140 valence electrons. The van der Waals surface area contributed by atoms with Gasteiger partial charge in [0.05, 0.1) is 0 Å². The third kappa shape index (κ3) is 5.33. The summed E-state index contributed by atoms with van der Waals surface area (Å²) >= 11 is 0. The molecule has 1 aliphatic heterocycles. The highest BCUT2D eigenvalue weighted by Gasteiger charge is 2.25. The van der Waals surface area contributed by atoms with Crippen LogP contribution in [0.15, 0.2) is 54.6 Å². The number of benzene rings is 2. The van der Waals surface area contributed by atoms with Gasteiger partial charge in [0.2, 0.25) is 0 Å². The number of nitrogens with zero attached hydrogens (tertiary/aromatic N) is 1. The molecule has 0 bridgehead atoms. The highest BCUT2D eigenvalue weighted by molar-refractivity contribution is 5.95. The standard InChI is InChI=1S/C22H28N2O.ClH/c1-23-16-19-10-7-15-24(17-19)22(25)21-12-6-5-11-20(21)14-13-18-8-3-2-4-9-18;/h2-6,8-9,11-12,19,23H,7,10,13-17H2,1H3;1H. The number of carbonyl (C=O) groups is 1. The Morgan fingerprint density at radius 2 is 1.81 bits per heavy atom. The Morgan fingerprint density at radius 1 is 1.08 bits per heavy atom. The van der Waals surface area contributed by atoms with E-state index in [1.165, 1.54) is 12.0 Å². The van der Waals surface area contributed by atoms with Crippen molar-refractivity contribution >= 4 is 18.3 Å². The number of likely N-dealkylation sites (tertiary alicyclic amines) is 1. The fourth-order valence-corrected chi connectivity index (χ4v) is 3.75. The van der Waals surface area contributed by atoms with E-state index in [9.17, 15) is 4.79 Å². The van der Waals surface area contributed by atoms with Crippen molar-refractivity contribution in [1.29, 1.82) is 0 Å². The number of hydrogen-bond donors (Lipinski definition) is 1. The monoisotopic (exact) mass is 372 g/mol. The van der Waals surface area contributed by atoms with Gasteiger partial charge < -0.3 is 10.2 Å². The molecule has 4 heteroatoms. The lowest BCUT2D eigenvalue weighted by molar-refractivity contribution is 0.0673. The molecule has 2 aromatic rings. The molecule has 0 saturated carbocycles. The minimum atomic E-state index is 0. The van der Waals surface area contributed by atoms with E-state index in [-0.39, 0.29) is 18.3 Å². The SMILES string of the molecule is CNCC1CCCN(C(=O)c2ccccc2CCc2ccccc2)C1.Cl. The van der Waals surface area contributed by atoms with Crippen LogP contribution in [0.25, 0.3) is 0 Å². The predicted molar refractivity (Wildman–Crippen MR) is 110 cm³/mol. The van der Waals surface area contributed by atoms with Crippen LogP contribution in [0.3, 0.4) is 0 Å². The van der Waals surface area contributed by atoms with Crippen LogP contribution in [0.4, 0.5) is 0 Å². The molecule has 1 N–H and O–H groups in total. The summed E-state index contributed by atoms with van der Waals surface area (Å²) in [6, 6.07) is 18.6. The summed E-state index contributed by atoms with van der Waals surface area (Å²) in [4.78, 5) is 15.1. The zero-order chi connectivity index (χ0) is 17.5. The Hall–Kier alpha value is -1.84. The lowest BCUT2D eigenvalue weighted by atomic mass is 9.95. The minimum absolute atomic E-state index is 0. The molecule has 0 aliphatic carbocycles. The molecular formula is C22H29ClN2O. The first kappa shape index (κ1) is 20.5. The summed E-state index contributed by atoms with van der Waals surface area (Å²) in [7, 11) is 1.99. The molecule has 1 heterocycles. The first-order chi connectivity index (χ1) is 12.3. The maximum atomic E-state index is 13.1. The van der Waals surface area contributed by atoms with Gasteiger partial charge in [0.1, 0.15) is 0 Å². The lowest BCUT2D eigenvalue weighted by Crippen LogP contribution is -2.42. The van der Waals surface area contributed by atoms with E-state index >= 15 is 0 Å². The van der Waals surface area contributed by atoms with E-state index < -0.39 is 0 Å². The van der Waals surface area contributed by atoms with E-state index in [0.29, 0.717) is 5.92 Å². The average Bonchev–Trinajstić information content (AvgIpc) is 2.67. The summed E-state index contributed by atoms with van der Waals surface area (Å²) in [6.07, 6.45) is 4.18. The number of hydrogen-bond acceptors (Lipinski definition) is 2. The molecule has 1 fully saturated rings. The molecule has 1 unspecified atom stereocenters. The van der Waals surface area contributed by atoms with Crippen molar-refractivity contribution in [3.8, 4) is 0 Å². The number of aryl methyl sites for hydroxylation is 2. The Kier molecular flexibility index (Phi) is 8.14. The number of piperidine rings is 1. The molecule has 3 nitrogen and oxygen atoms in total. The highest BCUT2D eigenvalue weighted by atomic mass is 35.5. The predicted octanol–water partition coefficient (Wildman–Crippen LogP) is 3.97. The third-order valence-electron chi connectivity index (χ3n) is 5.07. The van der Waals surface area contributed by atoms with Gasteiger partial charge in [-0.15, -0.1) is 12.4 Å². The van der Waals surface area contributed by atoms with Crippen LogP contribution in [0.2, 0.25) is 0 Å². The topological polar surface area (TPSA) is 32.3 Å². The van der Waals surface area contributed by atoms with Crippen LogP contribution in [-0.4, -0.2) is 37.5 Å². The maximum Gasteiger partial charge on any atom is 0.254 e. The second-order valence-corrected chi connectivity index (χ2v) is 6.96. The molecule has 0 radical (unpaired) electrons. The Bertz CT molecular complexity index is 688. The average molecular weight is 373 g/mol. The van der Waals surface area contributed by atoms with Crippen LogP contribution < -0.4 is 5.32 Å². The van der Waals surface area contributed by atoms with Gasteiger partial charge >= 0.3 is 0 Å². The zero-order valence-electron chi connectivity index (χ0n) is 15.5. The van der Waals surface area contributed by atoms with Gasteiger partial charge in [0.25, 0.3) is 5.91 Å². The number of halogens is 1. The molecule has 1 aliphatic rings. The van der Waals surface area contributed by atoms with Crippen molar-refractivity contribution in [2.45, 2.75) is 25.7 Å². The van der Waals surface area contributed by atoms with Crippen LogP contribution in [0.5, 0.6) is 0 Å². The Labute approximate surface area is 163 Å². The van der Waals surface area contributed by atoms with Crippen LogP contribution in [0.1, 0.15) is 34.3 Å². The lowest BCUT2D eigenvalue weighted by Gasteiger charge is -2.33. The first-order valence-corrected chi connectivity index (χ1v) is 9.33. The Balaban J connectivity index is 0.00000243. The largest absolute Gasteiger partial charge is 0.338 e. The molecule has 0 spiro atoms. The molecule has 26 heavy (non-hydrogen) atoms. The molecule has 1 saturated heterocycles. The number of amides is 1. The van der Waals surface area contributed by atoms with E-state index in [2.05, 4.69) is 35.6 Å². The zero-order valence-corrected chi connectivity index (χ0v) is 16.3. The van der Waals surface area contributed by atoms with Crippen molar-refractivity contribution in [3.05, 3.63) is 71.3 Å². The number of nitrogens with one attached hydrogen (secondary N) is 1. The van der Waals surface area contributed by atoms with E-state index in [0.717, 1.165) is 50.0 Å². The normalized spacial score (nSPS) is 16.8. The van der Waals surface area contributed by atoms with Crippen LogP contribution >= 0.6 is 12.4 Å². The van der Waals surface area contributed by atoms with Crippen molar-refractivity contribution in [2.24, 2.45) is 5.92 Å². The van der Waals surface area contributed by atoms with Gasteiger partial charge in [-0.1, -0.05) is 48.5 Å². The quantitative estimate of drug-likeness (QED) is 0.832. The third-order valence-corrected chi connectivity index (χ3v) is 5.07. The Morgan fingerprint density at radius 3 is 2.58 bits per heavy atom. The van der Waals surface area contributed by atoms with E-state index in [4.69, 9.17) is 0 Å². The van der Waals surface area contributed by atoms with Gasteiger partial charge in [0, 0.05) is 18.7 Å².